The van der Waals surface area contributed by atoms with Crippen molar-refractivity contribution in [1.82, 2.24) is 0 Å². The maximum absolute atomic E-state index is 13.3. The maximum Gasteiger partial charge on any atom is 0.282 e. The summed E-state index contributed by atoms with van der Waals surface area (Å²) in [6, 6.07) is 22.6. The normalized spacial score (nSPS) is 14.7. The van der Waals surface area contributed by atoms with E-state index in [2.05, 4.69) is 4.99 Å². The van der Waals surface area contributed by atoms with Gasteiger partial charge >= 0.3 is 0 Å². The number of nitro benzene ring substituents is 1. The Balaban J connectivity index is 1.89. The van der Waals surface area contributed by atoms with E-state index >= 15 is 0 Å². The van der Waals surface area contributed by atoms with Gasteiger partial charge in [0.15, 0.2) is 5.84 Å². The summed E-state index contributed by atoms with van der Waals surface area (Å²) in [4.78, 5) is 30.2. The molecule has 7 nitrogen and oxygen atoms in total. The number of ether oxygens (including phenoxy) is 1. The van der Waals surface area contributed by atoms with E-state index in [0.29, 0.717) is 28.4 Å². The van der Waals surface area contributed by atoms with Crippen LogP contribution in [0.25, 0.3) is 6.08 Å². The fourth-order valence-electron chi connectivity index (χ4n) is 3.27. The van der Waals surface area contributed by atoms with Crippen molar-refractivity contribution in [3.05, 3.63) is 106 Å². The van der Waals surface area contributed by atoms with Gasteiger partial charge in [0.25, 0.3) is 11.6 Å². The van der Waals surface area contributed by atoms with Crippen molar-refractivity contribution < 1.29 is 14.5 Å². The Hall–Kier alpha value is -4.26. The van der Waals surface area contributed by atoms with Crippen molar-refractivity contribution in [3.8, 4) is 5.75 Å². The molecule has 4 rings (SSSR count). The smallest absolute Gasteiger partial charge is 0.282 e. The lowest BCUT2D eigenvalue weighted by atomic mass is 10.1. The number of anilines is 1. The quantitative estimate of drug-likeness (QED) is 0.361. The molecule has 0 aliphatic carbocycles. The second-order valence-electron chi connectivity index (χ2n) is 6.46. The van der Waals surface area contributed by atoms with Crippen LogP contribution in [0.4, 0.5) is 11.4 Å². The van der Waals surface area contributed by atoms with Crippen molar-refractivity contribution in [3.63, 3.8) is 0 Å². The van der Waals surface area contributed by atoms with Gasteiger partial charge in [-0.15, -0.1) is 0 Å². The SMILES string of the molecule is COc1ccccc1C1=N/C(=C/c2ccccc2[N+](=O)[O-])C(=O)N1c1ccccc1. The summed E-state index contributed by atoms with van der Waals surface area (Å²) in [7, 11) is 1.55. The van der Waals surface area contributed by atoms with Crippen LogP contribution in [-0.4, -0.2) is 23.8 Å². The first-order valence-electron chi connectivity index (χ1n) is 9.17. The molecular formula is C23H17N3O4. The fraction of sp³-hybridized carbons (Fsp3) is 0.0435. The van der Waals surface area contributed by atoms with Gasteiger partial charge < -0.3 is 4.74 Å². The molecule has 30 heavy (non-hydrogen) atoms. The molecule has 0 spiro atoms. The molecule has 0 saturated carbocycles. The summed E-state index contributed by atoms with van der Waals surface area (Å²) in [5.74, 6) is 0.589. The van der Waals surface area contributed by atoms with Gasteiger partial charge in [0.2, 0.25) is 0 Å². The molecule has 0 bridgehead atoms. The van der Waals surface area contributed by atoms with Crippen molar-refractivity contribution in [1.29, 1.82) is 0 Å². The van der Waals surface area contributed by atoms with E-state index in [-0.39, 0.29) is 17.3 Å². The zero-order valence-corrected chi connectivity index (χ0v) is 16.1. The number of amides is 1. The highest BCUT2D eigenvalue weighted by atomic mass is 16.6. The molecular weight excluding hydrogens is 382 g/mol. The van der Waals surface area contributed by atoms with Crippen molar-refractivity contribution in [2.75, 3.05) is 12.0 Å². The fourth-order valence-corrected chi connectivity index (χ4v) is 3.27. The van der Waals surface area contributed by atoms with Crippen LogP contribution in [0.15, 0.2) is 89.6 Å². The Labute approximate surface area is 172 Å². The second kappa shape index (κ2) is 8.00. The third-order valence-corrected chi connectivity index (χ3v) is 4.65. The Morgan fingerprint density at radius 1 is 0.967 bits per heavy atom. The zero-order valence-electron chi connectivity index (χ0n) is 16.1. The number of methoxy groups -OCH3 is 1. The lowest BCUT2D eigenvalue weighted by Crippen LogP contribution is -2.32. The number of nitrogens with zero attached hydrogens (tertiary/aromatic N) is 3. The topological polar surface area (TPSA) is 85.0 Å². The number of benzene rings is 3. The third-order valence-electron chi connectivity index (χ3n) is 4.65. The van der Waals surface area contributed by atoms with Crippen LogP contribution in [0.3, 0.4) is 0 Å². The third kappa shape index (κ3) is 3.44. The van der Waals surface area contributed by atoms with E-state index in [1.165, 1.54) is 17.0 Å². The van der Waals surface area contributed by atoms with E-state index < -0.39 is 4.92 Å². The summed E-state index contributed by atoms with van der Waals surface area (Å²) in [6.45, 7) is 0. The lowest BCUT2D eigenvalue weighted by Gasteiger charge is -2.19. The second-order valence-corrected chi connectivity index (χ2v) is 6.46. The van der Waals surface area contributed by atoms with Gasteiger partial charge in [-0.25, -0.2) is 4.99 Å². The molecule has 1 amide bonds. The van der Waals surface area contributed by atoms with Crippen LogP contribution in [0.5, 0.6) is 5.75 Å². The molecule has 0 aromatic heterocycles. The minimum Gasteiger partial charge on any atom is -0.496 e. The van der Waals surface area contributed by atoms with Gasteiger partial charge in [-0.2, -0.15) is 0 Å². The molecule has 3 aromatic rings. The monoisotopic (exact) mass is 399 g/mol. The molecule has 1 aliphatic heterocycles. The number of carbonyl (C=O) groups is 1. The van der Waals surface area contributed by atoms with E-state index in [4.69, 9.17) is 4.74 Å². The predicted octanol–water partition coefficient (Wildman–Crippen LogP) is 4.44. The van der Waals surface area contributed by atoms with E-state index in [1.54, 1.807) is 43.5 Å². The van der Waals surface area contributed by atoms with Crippen LogP contribution in [0.1, 0.15) is 11.1 Å². The van der Waals surface area contributed by atoms with Crippen LogP contribution in [-0.2, 0) is 4.79 Å². The first-order chi connectivity index (χ1) is 14.6. The van der Waals surface area contributed by atoms with Crippen LogP contribution >= 0.6 is 0 Å². The molecule has 1 heterocycles. The van der Waals surface area contributed by atoms with Gasteiger partial charge in [-0.1, -0.05) is 42.5 Å². The predicted molar refractivity (Wildman–Crippen MR) is 115 cm³/mol. The molecule has 0 fully saturated rings. The highest BCUT2D eigenvalue weighted by Crippen LogP contribution is 2.32. The van der Waals surface area contributed by atoms with E-state index in [9.17, 15) is 14.9 Å². The Morgan fingerprint density at radius 3 is 2.37 bits per heavy atom. The van der Waals surface area contributed by atoms with Gasteiger partial charge in [0.05, 0.1) is 28.8 Å². The summed E-state index contributed by atoms with van der Waals surface area (Å²) >= 11 is 0. The van der Waals surface area contributed by atoms with Crippen molar-refractivity contribution >= 4 is 29.2 Å². The van der Waals surface area contributed by atoms with E-state index in [1.807, 2.05) is 36.4 Å². The summed E-state index contributed by atoms with van der Waals surface area (Å²) < 4.78 is 5.45. The Kier molecular flexibility index (Phi) is 5.09. The van der Waals surface area contributed by atoms with Gasteiger partial charge in [-0.3, -0.25) is 19.8 Å². The largest absolute Gasteiger partial charge is 0.496 e. The number of amidine groups is 1. The molecule has 0 N–H and O–H groups in total. The minimum atomic E-state index is -0.481. The zero-order chi connectivity index (χ0) is 21.1. The summed E-state index contributed by atoms with van der Waals surface area (Å²) in [6.07, 6.45) is 1.44. The minimum absolute atomic E-state index is 0.0926. The number of carbonyl (C=O) groups excluding carboxylic acids is 1. The number of para-hydroxylation sites is 3. The first-order valence-corrected chi connectivity index (χ1v) is 9.17. The molecule has 7 heteroatoms. The van der Waals surface area contributed by atoms with Crippen LogP contribution < -0.4 is 9.64 Å². The van der Waals surface area contributed by atoms with Crippen LogP contribution in [0, 0.1) is 10.1 Å². The Bertz CT molecular complexity index is 1190. The van der Waals surface area contributed by atoms with Crippen LogP contribution in [0.2, 0.25) is 0 Å². The molecule has 148 valence electrons. The number of hydrogen-bond donors (Lipinski definition) is 0. The number of nitro groups is 1. The molecule has 0 saturated heterocycles. The van der Waals surface area contributed by atoms with Gasteiger partial charge in [0.1, 0.15) is 11.4 Å². The number of rotatable bonds is 5. The van der Waals surface area contributed by atoms with E-state index in [0.717, 1.165) is 0 Å². The van der Waals surface area contributed by atoms with Crippen molar-refractivity contribution in [2.45, 2.75) is 0 Å². The molecule has 0 unspecified atom stereocenters. The standard InChI is InChI=1S/C23H17N3O4/c1-30-21-14-8-6-12-18(21)22-24-19(15-16-9-5-7-13-20(16)26(28)29)23(27)25(22)17-10-3-2-4-11-17/h2-15H,1H3/b19-15+. The lowest BCUT2D eigenvalue weighted by molar-refractivity contribution is -0.385. The number of aliphatic imine (C=N–C) groups is 1. The Morgan fingerprint density at radius 2 is 1.63 bits per heavy atom. The molecule has 0 radical (unpaired) electrons. The highest BCUT2D eigenvalue weighted by Gasteiger charge is 2.34. The summed E-state index contributed by atoms with van der Waals surface area (Å²) in [5.41, 5.74) is 1.60. The first kappa shape index (κ1) is 19.1. The average molecular weight is 399 g/mol. The molecule has 3 aromatic carbocycles. The van der Waals surface area contributed by atoms with Gasteiger partial charge in [-0.05, 0) is 36.4 Å². The molecule has 0 atom stereocenters. The van der Waals surface area contributed by atoms with Crippen molar-refractivity contribution in [2.24, 2.45) is 4.99 Å². The average Bonchev–Trinajstić information content (AvgIpc) is 3.10. The summed E-state index contributed by atoms with van der Waals surface area (Å²) in [5, 5.41) is 11.4. The maximum atomic E-state index is 13.3. The number of hydrogen-bond acceptors (Lipinski definition) is 5. The highest BCUT2D eigenvalue weighted by molar-refractivity contribution is 6.33. The molecule has 1 aliphatic rings. The van der Waals surface area contributed by atoms with Gasteiger partial charge in [0, 0.05) is 6.07 Å².